The summed E-state index contributed by atoms with van der Waals surface area (Å²) in [5.41, 5.74) is 0.858. The van der Waals surface area contributed by atoms with Crippen molar-refractivity contribution in [1.82, 2.24) is 15.5 Å². The van der Waals surface area contributed by atoms with Crippen molar-refractivity contribution in [2.75, 3.05) is 6.54 Å². The summed E-state index contributed by atoms with van der Waals surface area (Å²) in [6.45, 7) is 12.1. The first-order chi connectivity index (χ1) is 15.6. The fourth-order valence-electron chi connectivity index (χ4n) is 3.53. The Kier molecular flexibility index (Phi) is 9.88. The normalized spacial score (nSPS) is 19.4. The average Bonchev–Trinajstić information content (AvgIpc) is 2.77. The van der Waals surface area contributed by atoms with Gasteiger partial charge in [0.25, 0.3) is 0 Å². The molecule has 1 aromatic rings. The van der Waals surface area contributed by atoms with Crippen LogP contribution in [0.2, 0.25) is 0 Å². The summed E-state index contributed by atoms with van der Waals surface area (Å²) in [6, 6.07) is 8.19. The van der Waals surface area contributed by atoms with Crippen LogP contribution in [0.3, 0.4) is 0 Å². The van der Waals surface area contributed by atoms with E-state index in [0.717, 1.165) is 5.56 Å². The van der Waals surface area contributed by atoms with Crippen LogP contribution in [-0.2, 0) is 20.9 Å². The van der Waals surface area contributed by atoms with Gasteiger partial charge >= 0.3 is 6.09 Å². The molecular formula is C25H38N4O4. The Morgan fingerprint density at radius 1 is 1.18 bits per heavy atom. The molecule has 1 aromatic carbocycles. The van der Waals surface area contributed by atoms with E-state index in [2.05, 4.69) is 38.3 Å². The van der Waals surface area contributed by atoms with E-state index in [1.54, 1.807) is 4.90 Å². The van der Waals surface area contributed by atoms with Crippen molar-refractivity contribution in [3.05, 3.63) is 35.9 Å². The van der Waals surface area contributed by atoms with Crippen LogP contribution in [0, 0.1) is 11.8 Å². The maximum absolute atomic E-state index is 13.5. The van der Waals surface area contributed by atoms with Crippen molar-refractivity contribution >= 4 is 23.7 Å². The van der Waals surface area contributed by atoms with Crippen LogP contribution < -0.4 is 10.6 Å². The molecule has 182 valence electrons. The first-order valence-corrected chi connectivity index (χ1v) is 11.8. The molecule has 1 aliphatic rings. The minimum atomic E-state index is -0.794. The van der Waals surface area contributed by atoms with Gasteiger partial charge in [0.2, 0.25) is 11.8 Å². The summed E-state index contributed by atoms with van der Waals surface area (Å²) in [5, 5.41) is 5.56. The molecule has 0 aromatic heterocycles. The minimum absolute atomic E-state index is 0.00178. The molecular weight excluding hydrogens is 420 g/mol. The van der Waals surface area contributed by atoms with Crippen molar-refractivity contribution < 1.29 is 19.1 Å². The number of amides is 3. The number of hydrogen-bond donors (Lipinski definition) is 2. The Bertz CT molecular complexity index is 838. The van der Waals surface area contributed by atoms with Crippen LogP contribution in [-0.4, -0.2) is 53.3 Å². The van der Waals surface area contributed by atoms with Crippen molar-refractivity contribution in [3.8, 4) is 0 Å². The Balaban J connectivity index is 2.17. The van der Waals surface area contributed by atoms with E-state index in [1.165, 1.54) is 0 Å². The Hall–Kier alpha value is -2.90. The van der Waals surface area contributed by atoms with Gasteiger partial charge in [-0.25, -0.2) is 4.79 Å². The Morgan fingerprint density at radius 2 is 1.85 bits per heavy atom. The van der Waals surface area contributed by atoms with Crippen LogP contribution in [0.1, 0.15) is 59.9 Å². The van der Waals surface area contributed by atoms with E-state index in [4.69, 9.17) is 9.73 Å². The quantitative estimate of drug-likeness (QED) is 0.591. The molecule has 8 heteroatoms. The van der Waals surface area contributed by atoms with Gasteiger partial charge in [0, 0.05) is 0 Å². The summed E-state index contributed by atoms with van der Waals surface area (Å²) in [6.07, 6.45) is 0.369. The predicted octanol–water partition coefficient (Wildman–Crippen LogP) is 3.51. The molecule has 0 radical (unpaired) electrons. The molecule has 1 saturated heterocycles. The largest absolute Gasteiger partial charge is 0.445 e. The molecule has 0 unspecified atom stereocenters. The summed E-state index contributed by atoms with van der Waals surface area (Å²) < 4.78 is 5.29. The average molecular weight is 459 g/mol. The number of aliphatic imine (C=N–C) groups is 1. The maximum Gasteiger partial charge on any atom is 0.408 e. The SMILES string of the molecule is CC[C@H](NC(=O)OCc1ccccc1)C(=O)N1CC(=O)NC(=N[C@H](C)C(C)C)[C@@H]1CC(C)C. The highest BCUT2D eigenvalue weighted by Crippen LogP contribution is 2.19. The summed E-state index contributed by atoms with van der Waals surface area (Å²) >= 11 is 0. The highest BCUT2D eigenvalue weighted by atomic mass is 16.5. The van der Waals surface area contributed by atoms with E-state index >= 15 is 0 Å². The van der Waals surface area contributed by atoms with Gasteiger partial charge in [0.15, 0.2) is 0 Å². The zero-order chi connectivity index (χ0) is 24.5. The van der Waals surface area contributed by atoms with Gasteiger partial charge in [-0.3, -0.25) is 14.6 Å². The second-order valence-electron chi connectivity index (χ2n) is 9.33. The third-order valence-corrected chi connectivity index (χ3v) is 5.77. The van der Waals surface area contributed by atoms with Crippen molar-refractivity contribution in [2.45, 2.75) is 79.1 Å². The number of piperazine rings is 1. The molecule has 3 atom stereocenters. The molecule has 0 bridgehead atoms. The lowest BCUT2D eigenvalue weighted by Crippen LogP contribution is -2.63. The summed E-state index contributed by atoms with van der Waals surface area (Å²) in [7, 11) is 0. The molecule has 2 N–H and O–H groups in total. The Labute approximate surface area is 197 Å². The van der Waals surface area contributed by atoms with E-state index in [-0.39, 0.29) is 43.0 Å². The van der Waals surface area contributed by atoms with Gasteiger partial charge in [-0.15, -0.1) is 0 Å². The zero-order valence-corrected chi connectivity index (χ0v) is 20.6. The lowest BCUT2D eigenvalue weighted by Gasteiger charge is -2.39. The number of hydrogen-bond acceptors (Lipinski definition) is 5. The van der Waals surface area contributed by atoms with E-state index in [0.29, 0.717) is 24.6 Å². The van der Waals surface area contributed by atoms with Crippen molar-refractivity contribution in [2.24, 2.45) is 16.8 Å². The Morgan fingerprint density at radius 3 is 2.42 bits per heavy atom. The molecule has 3 amide bonds. The second-order valence-corrected chi connectivity index (χ2v) is 9.33. The van der Waals surface area contributed by atoms with Gasteiger partial charge in [0.05, 0.1) is 12.1 Å². The molecule has 33 heavy (non-hydrogen) atoms. The maximum atomic E-state index is 13.5. The second kappa shape index (κ2) is 12.4. The van der Waals surface area contributed by atoms with Crippen molar-refractivity contribution in [3.63, 3.8) is 0 Å². The van der Waals surface area contributed by atoms with Gasteiger partial charge in [0.1, 0.15) is 25.0 Å². The molecule has 8 nitrogen and oxygen atoms in total. The van der Waals surface area contributed by atoms with E-state index < -0.39 is 12.1 Å². The first kappa shape index (κ1) is 26.4. The van der Waals surface area contributed by atoms with Crippen LogP contribution in [0.25, 0.3) is 0 Å². The standard InChI is InChI=1S/C25H38N4O4/c1-7-20(27-25(32)33-15-19-11-9-8-10-12-19)24(31)29-14-22(30)28-23(21(29)13-16(2)3)26-18(6)17(4)5/h8-12,16-18,20-21H,7,13-15H2,1-6H3,(H,27,32)(H,26,28,30)/t18-,20+,21+/m1/s1. The molecule has 1 aliphatic heterocycles. The number of rotatable bonds is 9. The first-order valence-electron chi connectivity index (χ1n) is 11.8. The number of carbonyl (C=O) groups is 3. The summed E-state index contributed by atoms with van der Waals surface area (Å²) in [4.78, 5) is 44.6. The smallest absolute Gasteiger partial charge is 0.408 e. The summed E-state index contributed by atoms with van der Waals surface area (Å²) in [5.74, 6) is 0.517. The minimum Gasteiger partial charge on any atom is -0.445 e. The van der Waals surface area contributed by atoms with Gasteiger partial charge in [-0.1, -0.05) is 65.0 Å². The number of nitrogens with zero attached hydrogens (tertiary/aromatic N) is 2. The highest BCUT2D eigenvalue weighted by molar-refractivity contribution is 6.07. The van der Waals surface area contributed by atoms with Crippen LogP contribution in [0.4, 0.5) is 4.79 Å². The van der Waals surface area contributed by atoms with Gasteiger partial charge < -0.3 is 20.3 Å². The number of nitrogens with one attached hydrogen (secondary N) is 2. The number of ether oxygens (including phenoxy) is 1. The third-order valence-electron chi connectivity index (χ3n) is 5.77. The monoisotopic (exact) mass is 458 g/mol. The van der Waals surface area contributed by atoms with Gasteiger partial charge in [-0.05, 0) is 37.2 Å². The van der Waals surface area contributed by atoms with E-state index in [1.807, 2.05) is 44.2 Å². The fraction of sp³-hybridized carbons (Fsp3) is 0.600. The molecule has 1 heterocycles. The third kappa shape index (κ3) is 7.87. The fourth-order valence-corrected chi connectivity index (χ4v) is 3.53. The van der Waals surface area contributed by atoms with Crippen molar-refractivity contribution in [1.29, 1.82) is 0 Å². The number of alkyl carbamates (subject to hydrolysis) is 1. The molecule has 0 saturated carbocycles. The number of benzene rings is 1. The highest BCUT2D eigenvalue weighted by Gasteiger charge is 2.38. The van der Waals surface area contributed by atoms with Gasteiger partial charge in [-0.2, -0.15) is 0 Å². The molecule has 0 spiro atoms. The van der Waals surface area contributed by atoms with Crippen LogP contribution in [0.15, 0.2) is 35.3 Å². The molecule has 0 aliphatic carbocycles. The number of amidine groups is 1. The predicted molar refractivity (Wildman–Crippen MR) is 129 cm³/mol. The lowest BCUT2D eigenvalue weighted by molar-refractivity contribution is -0.140. The zero-order valence-electron chi connectivity index (χ0n) is 20.6. The lowest BCUT2D eigenvalue weighted by atomic mass is 9.97. The molecule has 1 fully saturated rings. The van der Waals surface area contributed by atoms with Crippen LogP contribution >= 0.6 is 0 Å². The number of carbonyl (C=O) groups excluding carboxylic acids is 3. The van der Waals surface area contributed by atoms with Crippen LogP contribution in [0.5, 0.6) is 0 Å². The molecule has 2 rings (SSSR count). The van der Waals surface area contributed by atoms with E-state index in [9.17, 15) is 14.4 Å². The topological polar surface area (TPSA) is 100 Å².